The Morgan fingerprint density at radius 1 is 1.11 bits per heavy atom. The smallest absolute Gasteiger partial charge is 0.146 e. The van der Waals surface area contributed by atoms with Crippen molar-refractivity contribution in [2.75, 3.05) is 6.54 Å². The molecule has 0 radical (unpaired) electrons. The Bertz CT molecular complexity index is 537. The third-order valence-electron chi connectivity index (χ3n) is 2.82. The molecule has 0 aliphatic carbocycles. The van der Waals surface area contributed by atoms with Gasteiger partial charge in [0.25, 0.3) is 0 Å². The molecular weight excluding hydrogens is 258 g/mol. The summed E-state index contributed by atoms with van der Waals surface area (Å²) in [7, 11) is 0. The summed E-state index contributed by atoms with van der Waals surface area (Å²) in [6.45, 7) is 5.89. The normalized spacial score (nSPS) is 10.5. The van der Waals surface area contributed by atoms with Gasteiger partial charge in [-0.3, -0.25) is 0 Å². The van der Waals surface area contributed by atoms with Gasteiger partial charge in [-0.1, -0.05) is 42.3 Å². The molecule has 0 bridgehead atoms. The highest BCUT2D eigenvalue weighted by molar-refractivity contribution is 6.32. The van der Waals surface area contributed by atoms with E-state index in [0.29, 0.717) is 10.8 Å². The molecule has 0 saturated carbocycles. The predicted octanol–water partition coefficient (Wildman–Crippen LogP) is 4.55. The van der Waals surface area contributed by atoms with Crippen molar-refractivity contribution < 1.29 is 4.74 Å². The van der Waals surface area contributed by atoms with E-state index in [1.165, 1.54) is 5.56 Å². The van der Waals surface area contributed by atoms with Crippen molar-refractivity contribution in [2.24, 2.45) is 0 Å². The third kappa shape index (κ3) is 3.98. The summed E-state index contributed by atoms with van der Waals surface area (Å²) in [5.74, 6) is 1.48. The third-order valence-corrected chi connectivity index (χ3v) is 3.12. The van der Waals surface area contributed by atoms with E-state index >= 15 is 0 Å². The lowest BCUT2D eigenvalue weighted by atomic mass is 10.2. The first-order chi connectivity index (χ1) is 9.19. The lowest BCUT2D eigenvalue weighted by Crippen LogP contribution is -2.11. The van der Waals surface area contributed by atoms with Gasteiger partial charge in [0.2, 0.25) is 0 Å². The zero-order valence-corrected chi connectivity index (χ0v) is 12.0. The van der Waals surface area contributed by atoms with Crippen LogP contribution in [0.3, 0.4) is 0 Å². The number of aryl methyl sites for hydroxylation is 1. The van der Waals surface area contributed by atoms with Gasteiger partial charge < -0.3 is 10.1 Å². The van der Waals surface area contributed by atoms with Crippen LogP contribution < -0.4 is 10.1 Å². The number of nitrogens with one attached hydrogen (secondary N) is 1. The van der Waals surface area contributed by atoms with Crippen molar-refractivity contribution in [3.63, 3.8) is 0 Å². The highest BCUT2D eigenvalue weighted by atomic mass is 35.5. The van der Waals surface area contributed by atoms with E-state index in [2.05, 4.69) is 12.2 Å². The first kappa shape index (κ1) is 13.9. The van der Waals surface area contributed by atoms with Crippen molar-refractivity contribution in [2.45, 2.75) is 20.4 Å². The Balaban J connectivity index is 2.10. The average molecular weight is 276 g/mol. The highest BCUT2D eigenvalue weighted by Crippen LogP contribution is 2.30. The molecular formula is C16H18ClNO. The molecule has 19 heavy (non-hydrogen) atoms. The van der Waals surface area contributed by atoms with Crippen molar-refractivity contribution >= 4 is 11.6 Å². The zero-order valence-electron chi connectivity index (χ0n) is 11.2. The summed E-state index contributed by atoms with van der Waals surface area (Å²) in [5, 5.41) is 3.90. The molecule has 2 aromatic carbocycles. The van der Waals surface area contributed by atoms with Crippen molar-refractivity contribution in [1.82, 2.24) is 5.32 Å². The van der Waals surface area contributed by atoms with Crippen LogP contribution in [0.1, 0.15) is 18.1 Å². The number of halogens is 1. The summed E-state index contributed by atoms with van der Waals surface area (Å²) in [4.78, 5) is 0. The molecule has 0 aliphatic rings. The van der Waals surface area contributed by atoms with Gasteiger partial charge in [-0.05, 0) is 43.3 Å². The molecule has 2 rings (SSSR count). The lowest BCUT2D eigenvalue weighted by Gasteiger charge is -2.09. The topological polar surface area (TPSA) is 21.3 Å². The molecule has 1 N–H and O–H groups in total. The SMILES string of the molecule is CCNCc1ccc(Oc2ccc(C)cc2)c(Cl)c1. The average Bonchev–Trinajstić information content (AvgIpc) is 2.41. The monoisotopic (exact) mass is 275 g/mol. The van der Waals surface area contributed by atoms with E-state index in [0.717, 1.165) is 24.4 Å². The van der Waals surface area contributed by atoms with Crippen LogP contribution >= 0.6 is 11.6 Å². The molecule has 0 heterocycles. The van der Waals surface area contributed by atoms with Crippen molar-refractivity contribution in [3.8, 4) is 11.5 Å². The van der Waals surface area contributed by atoms with Gasteiger partial charge in [-0.25, -0.2) is 0 Å². The minimum absolute atomic E-state index is 0.635. The summed E-state index contributed by atoms with van der Waals surface area (Å²) >= 11 is 6.24. The van der Waals surface area contributed by atoms with Crippen LogP contribution in [0.15, 0.2) is 42.5 Å². The second-order valence-corrected chi connectivity index (χ2v) is 4.87. The first-order valence-electron chi connectivity index (χ1n) is 6.42. The Morgan fingerprint density at radius 3 is 2.47 bits per heavy atom. The van der Waals surface area contributed by atoms with Crippen LogP contribution in [0.5, 0.6) is 11.5 Å². The number of hydrogen-bond acceptors (Lipinski definition) is 2. The van der Waals surface area contributed by atoms with Crippen LogP contribution in [0.4, 0.5) is 0 Å². The summed E-state index contributed by atoms with van der Waals surface area (Å²) in [6.07, 6.45) is 0. The second kappa shape index (κ2) is 6.60. The Morgan fingerprint density at radius 2 is 1.84 bits per heavy atom. The van der Waals surface area contributed by atoms with Gasteiger partial charge in [0.15, 0.2) is 0 Å². The highest BCUT2D eigenvalue weighted by Gasteiger charge is 2.04. The molecule has 0 fully saturated rings. The molecule has 3 heteroatoms. The van der Waals surface area contributed by atoms with Gasteiger partial charge in [0.1, 0.15) is 11.5 Å². The van der Waals surface area contributed by atoms with Gasteiger partial charge in [0.05, 0.1) is 5.02 Å². The minimum Gasteiger partial charge on any atom is -0.456 e. The standard InChI is InChI=1S/C16H18ClNO/c1-3-18-11-13-6-9-16(15(17)10-13)19-14-7-4-12(2)5-8-14/h4-10,18H,3,11H2,1-2H3. The number of rotatable bonds is 5. The molecule has 0 atom stereocenters. The quantitative estimate of drug-likeness (QED) is 0.864. The van der Waals surface area contributed by atoms with E-state index in [4.69, 9.17) is 16.3 Å². The summed E-state index contributed by atoms with van der Waals surface area (Å²) < 4.78 is 5.77. The molecule has 2 aromatic rings. The Kier molecular flexibility index (Phi) is 4.83. The second-order valence-electron chi connectivity index (χ2n) is 4.46. The lowest BCUT2D eigenvalue weighted by molar-refractivity contribution is 0.482. The van der Waals surface area contributed by atoms with Crippen LogP contribution in [0.2, 0.25) is 5.02 Å². The predicted molar refractivity (Wildman–Crippen MR) is 80.1 cm³/mol. The van der Waals surface area contributed by atoms with E-state index in [1.54, 1.807) is 0 Å². The maximum absolute atomic E-state index is 6.24. The number of benzene rings is 2. The molecule has 0 aromatic heterocycles. The van der Waals surface area contributed by atoms with Crippen molar-refractivity contribution in [3.05, 3.63) is 58.6 Å². The van der Waals surface area contributed by atoms with Gasteiger partial charge in [-0.2, -0.15) is 0 Å². The fourth-order valence-electron chi connectivity index (χ4n) is 1.74. The van der Waals surface area contributed by atoms with E-state index in [-0.39, 0.29) is 0 Å². The molecule has 100 valence electrons. The zero-order chi connectivity index (χ0) is 13.7. The fourth-order valence-corrected chi connectivity index (χ4v) is 1.98. The largest absolute Gasteiger partial charge is 0.456 e. The Labute approximate surface area is 119 Å². The van der Waals surface area contributed by atoms with E-state index in [1.807, 2.05) is 49.4 Å². The fraction of sp³-hybridized carbons (Fsp3) is 0.250. The van der Waals surface area contributed by atoms with E-state index < -0.39 is 0 Å². The first-order valence-corrected chi connectivity index (χ1v) is 6.80. The molecule has 0 aliphatic heterocycles. The molecule has 2 nitrogen and oxygen atoms in total. The Hall–Kier alpha value is -1.51. The molecule has 0 saturated heterocycles. The van der Waals surface area contributed by atoms with Gasteiger partial charge >= 0.3 is 0 Å². The number of hydrogen-bond donors (Lipinski definition) is 1. The molecule has 0 unspecified atom stereocenters. The molecule has 0 amide bonds. The number of ether oxygens (including phenoxy) is 1. The van der Waals surface area contributed by atoms with Crippen LogP contribution in [-0.4, -0.2) is 6.54 Å². The van der Waals surface area contributed by atoms with Gasteiger partial charge in [0, 0.05) is 6.54 Å². The van der Waals surface area contributed by atoms with Crippen LogP contribution in [0.25, 0.3) is 0 Å². The maximum atomic E-state index is 6.24. The van der Waals surface area contributed by atoms with Crippen LogP contribution in [-0.2, 0) is 6.54 Å². The molecule has 0 spiro atoms. The minimum atomic E-state index is 0.635. The van der Waals surface area contributed by atoms with Crippen LogP contribution in [0, 0.1) is 6.92 Å². The van der Waals surface area contributed by atoms with E-state index in [9.17, 15) is 0 Å². The van der Waals surface area contributed by atoms with Crippen molar-refractivity contribution in [1.29, 1.82) is 0 Å². The van der Waals surface area contributed by atoms with Gasteiger partial charge in [-0.15, -0.1) is 0 Å². The summed E-state index contributed by atoms with van der Waals surface area (Å²) in [6, 6.07) is 13.8. The summed E-state index contributed by atoms with van der Waals surface area (Å²) in [5.41, 5.74) is 2.36. The maximum Gasteiger partial charge on any atom is 0.146 e.